The molecule has 24 heavy (non-hydrogen) atoms. The van der Waals surface area contributed by atoms with E-state index in [-0.39, 0.29) is 18.1 Å². The maximum absolute atomic E-state index is 14.1. The molecule has 0 aliphatic carbocycles. The van der Waals surface area contributed by atoms with Crippen LogP contribution >= 0.6 is 0 Å². The van der Waals surface area contributed by atoms with E-state index in [1.165, 1.54) is 15.5 Å². The molecule has 0 spiro atoms. The first-order valence-corrected chi connectivity index (χ1v) is 7.75. The first kappa shape index (κ1) is 16.0. The largest absolute Gasteiger partial charge is 0.420 e. The van der Waals surface area contributed by atoms with Crippen LogP contribution in [0.1, 0.15) is 13.3 Å². The number of para-hydroxylation sites is 3. The number of rotatable bonds is 5. The predicted molar refractivity (Wildman–Crippen MR) is 89.5 cm³/mol. The Hall–Kier alpha value is -2.89. The number of carbonyl (C=O) groups excluding carboxylic acids is 1. The first-order chi connectivity index (χ1) is 11.6. The minimum absolute atomic E-state index is 0.204. The molecule has 0 saturated carbocycles. The lowest BCUT2D eigenvalue weighted by molar-refractivity contribution is -0.119. The van der Waals surface area contributed by atoms with E-state index in [0.29, 0.717) is 24.1 Å². The van der Waals surface area contributed by atoms with Gasteiger partial charge in [-0.05, 0) is 30.7 Å². The molecule has 1 amide bonds. The third-order valence-electron chi connectivity index (χ3n) is 3.76. The zero-order chi connectivity index (χ0) is 17.1. The Bertz CT molecular complexity index is 929. The maximum atomic E-state index is 14.1. The van der Waals surface area contributed by atoms with Gasteiger partial charge in [-0.2, -0.15) is 0 Å². The number of hydrogen-bond acceptors (Lipinski definition) is 3. The smallest absolute Gasteiger partial charge is 0.408 e. The van der Waals surface area contributed by atoms with Gasteiger partial charge in [0.2, 0.25) is 5.91 Å². The molecule has 0 aliphatic heterocycles. The molecular formula is C18H17FN2O3. The standard InChI is InChI=1S/C18H17FN2O3/c1-2-11-20(14-8-4-3-7-13(14)19)17(22)12-21-15-9-5-6-10-16(15)24-18(21)23/h3-10H,2,11-12H2,1H3. The van der Waals surface area contributed by atoms with Gasteiger partial charge in [0.1, 0.15) is 12.4 Å². The van der Waals surface area contributed by atoms with Crippen LogP contribution in [0, 0.1) is 5.82 Å². The average molecular weight is 328 g/mol. The van der Waals surface area contributed by atoms with Gasteiger partial charge in [-0.3, -0.25) is 9.36 Å². The Kier molecular flexibility index (Phi) is 4.46. The van der Waals surface area contributed by atoms with Crippen molar-refractivity contribution < 1.29 is 13.6 Å². The Morgan fingerprint density at radius 1 is 1.17 bits per heavy atom. The van der Waals surface area contributed by atoms with E-state index < -0.39 is 11.6 Å². The van der Waals surface area contributed by atoms with Gasteiger partial charge in [0.25, 0.3) is 0 Å². The quantitative estimate of drug-likeness (QED) is 0.723. The van der Waals surface area contributed by atoms with Crippen LogP contribution in [0.5, 0.6) is 0 Å². The number of benzene rings is 2. The zero-order valence-electron chi connectivity index (χ0n) is 13.2. The predicted octanol–water partition coefficient (Wildman–Crippen LogP) is 3.18. The Balaban J connectivity index is 1.95. The van der Waals surface area contributed by atoms with Gasteiger partial charge >= 0.3 is 5.76 Å². The number of hydrogen-bond donors (Lipinski definition) is 0. The highest BCUT2D eigenvalue weighted by Gasteiger charge is 2.20. The van der Waals surface area contributed by atoms with Crippen molar-refractivity contribution in [3.8, 4) is 0 Å². The SMILES string of the molecule is CCCN(C(=O)Cn1c(=O)oc2ccccc21)c1ccccc1F. The van der Waals surface area contributed by atoms with Crippen molar-refractivity contribution in [2.45, 2.75) is 19.9 Å². The fourth-order valence-corrected chi connectivity index (χ4v) is 2.66. The normalized spacial score (nSPS) is 10.9. The summed E-state index contributed by atoms with van der Waals surface area (Å²) in [6.45, 7) is 2.06. The second kappa shape index (κ2) is 6.70. The van der Waals surface area contributed by atoms with Gasteiger partial charge in [-0.25, -0.2) is 9.18 Å². The zero-order valence-corrected chi connectivity index (χ0v) is 13.2. The van der Waals surface area contributed by atoms with E-state index in [0.717, 1.165) is 0 Å². The van der Waals surface area contributed by atoms with Crippen LogP contribution in [0.2, 0.25) is 0 Å². The highest BCUT2D eigenvalue weighted by atomic mass is 19.1. The molecule has 0 saturated heterocycles. The van der Waals surface area contributed by atoms with Crippen LogP contribution in [-0.2, 0) is 11.3 Å². The minimum Gasteiger partial charge on any atom is -0.408 e. The van der Waals surface area contributed by atoms with Gasteiger partial charge in [0.15, 0.2) is 5.58 Å². The summed E-state index contributed by atoms with van der Waals surface area (Å²) in [5.74, 6) is -1.44. The summed E-state index contributed by atoms with van der Waals surface area (Å²) < 4.78 is 20.5. The monoisotopic (exact) mass is 328 g/mol. The van der Waals surface area contributed by atoms with Crippen molar-refractivity contribution in [3.05, 3.63) is 64.9 Å². The van der Waals surface area contributed by atoms with E-state index in [9.17, 15) is 14.0 Å². The maximum Gasteiger partial charge on any atom is 0.420 e. The van der Waals surface area contributed by atoms with Crippen molar-refractivity contribution in [1.29, 1.82) is 0 Å². The molecule has 0 atom stereocenters. The summed E-state index contributed by atoms with van der Waals surface area (Å²) in [5, 5.41) is 0. The van der Waals surface area contributed by atoms with Crippen molar-refractivity contribution in [3.63, 3.8) is 0 Å². The average Bonchev–Trinajstić information content (AvgIpc) is 2.89. The van der Waals surface area contributed by atoms with Crippen molar-refractivity contribution in [2.24, 2.45) is 0 Å². The summed E-state index contributed by atoms with van der Waals surface area (Å²) in [6, 6.07) is 13.0. The Morgan fingerprint density at radius 2 is 1.88 bits per heavy atom. The lowest BCUT2D eigenvalue weighted by Crippen LogP contribution is -2.36. The lowest BCUT2D eigenvalue weighted by Gasteiger charge is -2.22. The number of carbonyl (C=O) groups is 1. The first-order valence-electron chi connectivity index (χ1n) is 7.75. The highest BCUT2D eigenvalue weighted by Crippen LogP contribution is 2.20. The van der Waals surface area contributed by atoms with Gasteiger partial charge in [-0.15, -0.1) is 0 Å². The van der Waals surface area contributed by atoms with E-state index in [1.54, 1.807) is 42.5 Å². The molecule has 3 rings (SSSR count). The summed E-state index contributed by atoms with van der Waals surface area (Å²) in [7, 11) is 0. The molecule has 0 N–H and O–H groups in total. The van der Waals surface area contributed by atoms with Gasteiger partial charge in [0, 0.05) is 6.54 Å². The van der Waals surface area contributed by atoms with Gasteiger partial charge in [0.05, 0.1) is 11.2 Å². The number of fused-ring (bicyclic) bond motifs is 1. The second-order valence-corrected chi connectivity index (χ2v) is 5.42. The number of aromatic nitrogens is 1. The molecule has 6 heteroatoms. The van der Waals surface area contributed by atoms with Crippen molar-refractivity contribution >= 4 is 22.7 Å². The van der Waals surface area contributed by atoms with E-state index >= 15 is 0 Å². The Morgan fingerprint density at radius 3 is 2.62 bits per heavy atom. The number of nitrogens with zero attached hydrogens (tertiary/aromatic N) is 2. The highest BCUT2D eigenvalue weighted by molar-refractivity contribution is 5.94. The van der Waals surface area contributed by atoms with Crippen LogP contribution in [0.4, 0.5) is 10.1 Å². The van der Waals surface area contributed by atoms with Crippen molar-refractivity contribution in [2.75, 3.05) is 11.4 Å². The van der Waals surface area contributed by atoms with Crippen LogP contribution in [0.15, 0.2) is 57.7 Å². The van der Waals surface area contributed by atoms with Crippen LogP contribution in [-0.4, -0.2) is 17.0 Å². The molecule has 0 fully saturated rings. The molecule has 3 aromatic rings. The molecule has 0 aliphatic rings. The summed E-state index contributed by atoms with van der Waals surface area (Å²) in [6.07, 6.45) is 0.668. The molecule has 1 aromatic heterocycles. The third-order valence-corrected chi connectivity index (χ3v) is 3.76. The molecule has 0 bridgehead atoms. The van der Waals surface area contributed by atoms with Crippen LogP contribution in [0.25, 0.3) is 11.1 Å². The number of amides is 1. The molecule has 2 aromatic carbocycles. The van der Waals surface area contributed by atoms with E-state index in [4.69, 9.17) is 4.42 Å². The number of oxazole rings is 1. The topological polar surface area (TPSA) is 55.5 Å². The van der Waals surface area contributed by atoms with Gasteiger partial charge in [-0.1, -0.05) is 31.2 Å². The molecule has 5 nitrogen and oxygen atoms in total. The van der Waals surface area contributed by atoms with Gasteiger partial charge < -0.3 is 9.32 Å². The molecule has 0 radical (unpaired) electrons. The van der Waals surface area contributed by atoms with Crippen molar-refractivity contribution in [1.82, 2.24) is 4.57 Å². The lowest BCUT2D eigenvalue weighted by atomic mass is 10.2. The molecule has 0 unspecified atom stereocenters. The number of anilines is 1. The fraction of sp³-hybridized carbons (Fsp3) is 0.222. The molecule has 124 valence electrons. The second-order valence-electron chi connectivity index (χ2n) is 5.42. The molecule has 1 heterocycles. The summed E-state index contributed by atoms with van der Waals surface area (Å²) >= 11 is 0. The molecular weight excluding hydrogens is 311 g/mol. The van der Waals surface area contributed by atoms with Crippen LogP contribution in [0.3, 0.4) is 0 Å². The van der Waals surface area contributed by atoms with Crippen LogP contribution < -0.4 is 10.7 Å². The summed E-state index contributed by atoms with van der Waals surface area (Å²) in [5.41, 5.74) is 1.18. The van der Waals surface area contributed by atoms with E-state index in [2.05, 4.69) is 0 Å². The van der Waals surface area contributed by atoms with E-state index in [1.807, 2.05) is 6.92 Å². The number of halogens is 1. The summed E-state index contributed by atoms with van der Waals surface area (Å²) in [4.78, 5) is 26.1. The third kappa shape index (κ3) is 2.95. The Labute approximate surface area is 137 Å². The fourth-order valence-electron chi connectivity index (χ4n) is 2.66. The minimum atomic E-state index is -0.602.